The predicted octanol–water partition coefficient (Wildman–Crippen LogP) is 4.37. The summed E-state index contributed by atoms with van der Waals surface area (Å²) in [6.45, 7) is 9.18. The largest absolute Gasteiger partial charge is 0.492 e. The lowest BCUT2D eigenvalue weighted by Crippen LogP contribution is -2.30. The van der Waals surface area contributed by atoms with E-state index in [0.717, 1.165) is 11.3 Å². The number of amides is 2. The number of nitrogens with zero attached hydrogens (tertiary/aromatic N) is 1. The number of hydrogen-bond acceptors (Lipinski definition) is 3. The average molecular weight is 380 g/mol. The van der Waals surface area contributed by atoms with E-state index < -0.39 is 5.92 Å². The first-order chi connectivity index (χ1) is 13.3. The van der Waals surface area contributed by atoms with Gasteiger partial charge in [-0.2, -0.15) is 0 Å². The summed E-state index contributed by atoms with van der Waals surface area (Å²) in [7, 11) is 0. The van der Waals surface area contributed by atoms with Crippen molar-refractivity contribution in [3.8, 4) is 5.75 Å². The molecular formula is C23H28N2O3. The lowest BCUT2D eigenvalue weighted by Gasteiger charge is -2.27. The first-order valence-corrected chi connectivity index (χ1v) is 9.74. The second-order valence-corrected chi connectivity index (χ2v) is 8.09. The normalized spacial score (nSPS) is 16.9. The first kappa shape index (κ1) is 19.9. The highest BCUT2D eigenvalue weighted by molar-refractivity contribution is 6.04. The molecule has 2 aromatic carbocycles. The van der Waals surface area contributed by atoms with Gasteiger partial charge in [0.25, 0.3) is 0 Å². The van der Waals surface area contributed by atoms with Gasteiger partial charge in [0, 0.05) is 18.7 Å². The number of hydrogen-bond donors (Lipinski definition) is 1. The molecular weight excluding hydrogens is 352 g/mol. The van der Waals surface area contributed by atoms with Gasteiger partial charge in [-0.05, 0) is 36.1 Å². The number of benzene rings is 2. The lowest BCUT2D eigenvalue weighted by molar-refractivity contribution is -0.122. The van der Waals surface area contributed by atoms with Gasteiger partial charge in [0.15, 0.2) is 0 Å². The van der Waals surface area contributed by atoms with Gasteiger partial charge in [-0.25, -0.2) is 0 Å². The number of ether oxygens (including phenoxy) is 1. The number of carbonyl (C=O) groups excluding carboxylic acids is 2. The Bertz CT molecular complexity index is 870. The molecule has 0 aromatic heterocycles. The Labute approximate surface area is 166 Å². The number of anilines is 2. The van der Waals surface area contributed by atoms with E-state index in [-0.39, 0.29) is 23.7 Å². The standard InChI is InChI=1S/C23H28N2O3/c1-5-28-20-13-9-7-11-18(20)24-22(27)16-14-21(26)25(15-16)19-12-8-6-10-17(19)23(2,3)4/h6-13,16H,5,14-15H2,1-4H3,(H,24,27). The zero-order valence-electron chi connectivity index (χ0n) is 17.0. The summed E-state index contributed by atoms with van der Waals surface area (Å²) in [5, 5.41) is 2.93. The van der Waals surface area contributed by atoms with Gasteiger partial charge < -0.3 is 15.0 Å². The molecule has 5 heteroatoms. The molecule has 1 unspecified atom stereocenters. The molecule has 0 aliphatic carbocycles. The SMILES string of the molecule is CCOc1ccccc1NC(=O)C1CC(=O)N(c2ccccc2C(C)(C)C)C1. The van der Waals surface area contributed by atoms with Crippen LogP contribution in [0.5, 0.6) is 5.75 Å². The fourth-order valence-corrected chi connectivity index (χ4v) is 3.55. The second-order valence-electron chi connectivity index (χ2n) is 8.09. The molecule has 0 saturated carbocycles. The van der Waals surface area contributed by atoms with E-state index in [1.165, 1.54) is 0 Å². The monoisotopic (exact) mass is 380 g/mol. The van der Waals surface area contributed by atoms with Crippen molar-refractivity contribution in [1.82, 2.24) is 0 Å². The van der Waals surface area contributed by atoms with E-state index >= 15 is 0 Å². The minimum absolute atomic E-state index is 0.0186. The van der Waals surface area contributed by atoms with Crippen molar-refractivity contribution in [2.45, 2.75) is 39.5 Å². The van der Waals surface area contributed by atoms with Crippen LogP contribution in [0.1, 0.15) is 39.7 Å². The van der Waals surface area contributed by atoms with Crippen LogP contribution in [0.2, 0.25) is 0 Å². The lowest BCUT2D eigenvalue weighted by atomic mass is 9.85. The van der Waals surface area contributed by atoms with Gasteiger partial charge in [-0.1, -0.05) is 51.1 Å². The Morgan fingerprint density at radius 3 is 2.54 bits per heavy atom. The molecule has 2 aromatic rings. The summed E-state index contributed by atoms with van der Waals surface area (Å²) in [5.41, 5.74) is 2.54. The van der Waals surface area contributed by atoms with E-state index in [1.54, 1.807) is 4.90 Å². The van der Waals surface area contributed by atoms with Crippen LogP contribution < -0.4 is 15.0 Å². The molecule has 1 saturated heterocycles. The van der Waals surface area contributed by atoms with E-state index in [1.807, 2.05) is 55.5 Å². The molecule has 1 atom stereocenters. The van der Waals surface area contributed by atoms with Crippen LogP contribution in [0.15, 0.2) is 48.5 Å². The van der Waals surface area contributed by atoms with Crippen molar-refractivity contribution >= 4 is 23.2 Å². The Kier molecular flexibility index (Phi) is 5.73. The molecule has 28 heavy (non-hydrogen) atoms. The maximum absolute atomic E-state index is 12.8. The Morgan fingerprint density at radius 2 is 1.82 bits per heavy atom. The van der Waals surface area contributed by atoms with Crippen molar-refractivity contribution in [1.29, 1.82) is 0 Å². The van der Waals surface area contributed by atoms with Crippen molar-refractivity contribution < 1.29 is 14.3 Å². The summed E-state index contributed by atoms with van der Waals surface area (Å²) in [4.78, 5) is 27.3. The minimum Gasteiger partial charge on any atom is -0.492 e. The predicted molar refractivity (Wildman–Crippen MR) is 112 cm³/mol. The van der Waals surface area contributed by atoms with Gasteiger partial charge in [0.05, 0.1) is 18.2 Å². The smallest absolute Gasteiger partial charge is 0.229 e. The highest BCUT2D eigenvalue weighted by atomic mass is 16.5. The van der Waals surface area contributed by atoms with Crippen molar-refractivity contribution in [2.75, 3.05) is 23.4 Å². The third-order valence-corrected chi connectivity index (χ3v) is 4.94. The van der Waals surface area contributed by atoms with Gasteiger partial charge in [0.1, 0.15) is 5.75 Å². The van der Waals surface area contributed by atoms with Crippen LogP contribution in [-0.4, -0.2) is 25.0 Å². The van der Waals surface area contributed by atoms with E-state index in [2.05, 4.69) is 26.1 Å². The van der Waals surface area contributed by atoms with E-state index in [0.29, 0.717) is 24.6 Å². The Morgan fingerprint density at radius 1 is 1.14 bits per heavy atom. The van der Waals surface area contributed by atoms with Gasteiger partial charge in [0.2, 0.25) is 11.8 Å². The third-order valence-electron chi connectivity index (χ3n) is 4.94. The number of rotatable bonds is 5. The topological polar surface area (TPSA) is 58.6 Å². The maximum atomic E-state index is 12.8. The summed E-state index contributed by atoms with van der Waals surface area (Å²) >= 11 is 0. The van der Waals surface area contributed by atoms with E-state index in [4.69, 9.17) is 4.74 Å². The highest BCUT2D eigenvalue weighted by Crippen LogP contribution is 2.35. The molecule has 5 nitrogen and oxygen atoms in total. The summed E-state index contributed by atoms with van der Waals surface area (Å²) < 4.78 is 5.57. The van der Waals surface area contributed by atoms with Gasteiger partial charge in [-0.3, -0.25) is 9.59 Å². The second kappa shape index (κ2) is 8.05. The molecule has 0 bridgehead atoms. The molecule has 1 heterocycles. The molecule has 0 spiro atoms. The van der Waals surface area contributed by atoms with Crippen molar-refractivity contribution in [2.24, 2.45) is 5.92 Å². The molecule has 148 valence electrons. The Hall–Kier alpha value is -2.82. The fraction of sp³-hybridized carbons (Fsp3) is 0.391. The molecule has 1 fully saturated rings. The quantitative estimate of drug-likeness (QED) is 0.838. The molecule has 3 rings (SSSR count). The minimum atomic E-state index is -0.393. The molecule has 1 aliphatic rings. The average Bonchev–Trinajstić information content (AvgIpc) is 3.04. The first-order valence-electron chi connectivity index (χ1n) is 9.74. The van der Waals surface area contributed by atoms with Gasteiger partial charge >= 0.3 is 0 Å². The fourth-order valence-electron chi connectivity index (χ4n) is 3.55. The van der Waals surface area contributed by atoms with Crippen molar-refractivity contribution in [3.05, 3.63) is 54.1 Å². The molecule has 2 amide bonds. The highest BCUT2D eigenvalue weighted by Gasteiger charge is 2.37. The summed E-state index contributed by atoms with van der Waals surface area (Å²) in [5.74, 6) is 0.0685. The molecule has 1 aliphatic heterocycles. The van der Waals surface area contributed by atoms with Crippen molar-refractivity contribution in [3.63, 3.8) is 0 Å². The van der Waals surface area contributed by atoms with Crippen LogP contribution in [0.25, 0.3) is 0 Å². The van der Waals surface area contributed by atoms with E-state index in [9.17, 15) is 9.59 Å². The molecule has 1 N–H and O–H groups in total. The summed E-state index contributed by atoms with van der Waals surface area (Å²) in [6.07, 6.45) is 0.209. The molecule has 0 radical (unpaired) electrons. The number of nitrogens with one attached hydrogen (secondary N) is 1. The van der Waals surface area contributed by atoms with Gasteiger partial charge in [-0.15, -0.1) is 0 Å². The zero-order valence-corrected chi connectivity index (χ0v) is 17.0. The number of para-hydroxylation sites is 3. The third kappa shape index (κ3) is 4.19. The van der Waals surface area contributed by atoms with Crippen LogP contribution >= 0.6 is 0 Å². The van der Waals surface area contributed by atoms with Crippen LogP contribution in [0.3, 0.4) is 0 Å². The number of carbonyl (C=O) groups is 2. The summed E-state index contributed by atoms with van der Waals surface area (Å²) in [6, 6.07) is 15.3. The zero-order chi connectivity index (χ0) is 20.3. The van der Waals surface area contributed by atoms with Crippen LogP contribution in [-0.2, 0) is 15.0 Å². The maximum Gasteiger partial charge on any atom is 0.229 e. The van der Waals surface area contributed by atoms with Crippen LogP contribution in [0, 0.1) is 5.92 Å². The Balaban J connectivity index is 1.78. The van der Waals surface area contributed by atoms with Crippen LogP contribution in [0.4, 0.5) is 11.4 Å².